The van der Waals surface area contributed by atoms with Gasteiger partial charge in [-0.2, -0.15) is 8.42 Å². The first kappa shape index (κ1) is 31.2. The zero-order chi connectivity index (χ0) is 31.0. The summed E-state index contributed by atoms with van der Waals surface area (Å²) in [7, 11) is -4.25. The van der Waals surface area contributed by atoms with E-state index >= 15 is 0 Å². The fraction of sp³-hybridized carbons (Fsp3) is 0.613. The molecule has 5 rings (SSSR count). The number of nitrogens with zero attached hydrogens (tertiary/aromatic N) is 4. The van der Waals surface area contributed by atoms with Crippen LogP contribution in [0.25, 0.3) is 0 Å². The van der Waals surface area contributed by atoms with Crippen molar-refractivity contribution in [3.63, 3.8) is 0 Å². The van der Waals surface area contributed by atoms with Crippen LogP contribution < -0.4 is 19.8 Å². The van der Waals surface area contributed by atoms with Crippen molar-refractivity contribution in [3.05, 3.63) is 35.9 Å². The lowest BCUT2D eigenvalue weighted by Crippen LogP contribution is -2.41. The SMILES string of the molecule is CC(C)(C)CCCO[C@H]1CCN(c2ccc3c(n2)N2C[C@@H](CCCNc4cccc(n4)S(=O)(=O)NC3=O)CC2(C)C)C1=O. The van der Waals surface area contributed by atoms with Crippen molar-refractivity contribution in [3.8, 4) is 0 Å². The molecule has 3 aliphatic heterocycles. The van der Waals surface area contributed by atoms with Crippen LogP contribution >= 0.6 is 0 Å². The summed E-state index contributed by atoms with van der Waals surface area (Å²) in [4.78, 5) is 39.8. The molecule has 2 atom stereocenters. The number of anilines is 3. The molecule has 0 aromatic carbocycles. The predicted octanol–water partition coefficient (Wildman–Crippen LogP) is 4.35. The lowest BCUT2D eigenvalue weighted by molar-refractivity contribution is -0.127. The second-order valence-corrected chi connectivity index (χ2v) is 15.3. The van der Waals surface area contributed by atoms with Crippen LogP contribution in [0.5, 0.6) is 0 Å². The van der Waals surface area contributed by atoms with E-state index in [0.717, 1.165) is 32.1 Å². The molecule has 234 valence electrons. The van der Waals surface area contributed by atoms with Crippen LogP contribution in [0.4, 0.5) is 17.5 Å². The summed E-state index contributed by atoms with van der Waals surface area (Å²) in [5.41, 5.74) is -0.000598. The Morgan fingerprint density at radius 1 is 1.09 bits per heavy atom. The van der Waals surface area contributed by atoms with Gasteiger partial charge in [0.25, 0.3) is 21.8 Å². The van der Waals surface area contributed by atoms with Gasteiger partial charge in [0.15, 0.2) is 5.03 Å². The largest absolute Gasteiger partial charge is 0.370 e. The summed E-state index contributed by atoms with van der Waals surface area (Å²) in [6, 6.07) is 7.85. The molecule has 2 N–H and O–H groups in total. The molecule has 2 aromatic heterocycles. The number of aromatic nitrogens is 2. The minimum absolute atomic E-state index is 0.131. The molecule has 11 nitrogen and oxygen atoms in total. The van der Waals surface area contributed by atoms with E-state index in [1.165, 1.54) is 6.07 Å². The fourth-order valence-electron chi connectivity index (χ4n) is 6.29. The van der Waals surface area contributed by atoms with E-state index < -0.39 is 22.0 Å². The molecule has 3 aliphatic rings. The number of ether oxygens (including phenoxy) is 1. The van der Waals surface area contributed by atoms with E-state index in [1.807, 2.05) is 0 Å². The van der Waals surface area contributed by atoms with Crippen molar-refractivity contribution in [2.75, 3.05) is 41.4 Å². The Hall–Kier alpha value is -3.25. The van der Waals surface area contributed by atoms with Crippen LogP contribution in [0.3, 0.4) is 0 Å². The Labute approximate surface area is 254 Å². The van der Waals surface area contributed by atoms with Crippen molar-refractivity contribution in [1.29, 1.82) is 0 Å². The third-order valence-corrected chi connectivity index (χ3v) is 9.70. The van der Waals surface area contributed by atoms with Crippen molar-refractivity contribution in [2.45, 2.75) is 89.8 Å². The number of carbonyl (C=O) groups is 2. The summed E-state index contributed by atoms with van der Waals surface area (Å²) < 4.78 is 34.6. The third kappa shape index (κ3) is 7.12. The Kier molecular flexibility index (Phi) is 8.72. The molecule has 2 amide bonds. The van der Waals surface area contributed by atoms with Crippen LogP contribution in [0.15, 0.2) is 35.4 Å². The third-order valence-electron chi connectivity index (χ3n) is 8.46. The number of pyridine rings is 2. The molecule has 5 heterocycles. The van der Waals surface area contributed by atoms with E-state index in [-0.39, 0.29) is 27.5 Å². The average Bonchev–Trinajstić information content (AvgIpc) is 3.45. The van der Waals surface area contributed by atoms with Crippen molar-refractivity contribution < 1.29 is 22.7 Å². The Balaban J connectivity index is 1.45. The molecule has 0 aliphatic carbocycles. The van der Waals surface area contributed by atoms with Gasteiger partial charge < -0.3 is 15.0 Å². The molecule has 12 heteroatoms. The molecule has 0 saturated carbocycles. The van der Waals surface area contributed by atoms with Gasteiger partial charge in [-0.15, -0.1) is 0 Å². The van der Waals surface area contributed by atoms with Crippen molar-refractivity contribution in [2.24, 2.45) is 11.3 Å². The highest BCUT2D eigenvalue weighted by Crippen LogP contribution is 2.40. The summed E-state index contributed by atoms with van der Waals surface area (Å²) in [5, 5.41) is 2.96. The van der Waals surface area contributed by atoms with Gasteiger partial charge in [0.05, 0.1) is 5.56 Å². The first-order valence-electron chi connectivity index (χ1n) is 15.2. The fourth-order valence-corrected chi connectivity index (χ4v) is 7.22. The number of fused-ring (bicyclic) bond motifs is 6. The Bertz CT molecular complexity index is 1470. The lowest BCUT2D eigenvalue weighted by Gasteiger charge is -2.34. The highest BCUT2D eigenvalue weighted by molar-refractivity contribution is 7.90. The number of nitrogens with one attached hydrogen (secondary N) is 2. The van der Waals surface area contributed by atoms with Crippen LogP contribution in [-0.2, 0) is 19.6 Å². The first-order valence-corrected chi connectivity index (χ1v) is 16.7. The van der Waals surface area contributed by atoms with Crippen LogP contribution in [0.2, 0.25) is 0 Å². The van der Waals surface area contributed by atoms with Gasteiger partial charge >= 0.3 is 0 Å². The van der Waals surface area contributed by atoms with Gasteiger partial charge in [0, 0.05) is 38.2 Å². The molecule has 0 radical (unpaired) electrons. The van der Waals surface area contributed by atoms with Crippen molar-refractivity contribution in [1.82, 2.24) is 14.7 Å². The predicted molar refractivity (Wildman–Crippen MR) is 166 cm³/mol. The molecule has 2 fully saturated rings. The number of amides is 2. The number of carbonyl (C=O) groups excluding carboxylic acids is 2. The molecule has 2 aromatic rings. The minimum Gasteiger partial charge on any atom is -0.370 e. The van der Waals surface area contributed by atoms with Gasteiger partial charge in [0.2, 0.25) is 0 Å². The average molecular weight is 613 g/mol. The van der Waals surface area contributed by atoms with Gasteiger partial charge in [-0.25, -0.2) is 14.7 Å². The normalized spacial score (nSPS) is 23.7. The van der Waals surface area contributed by atoms with E-state index in [9.17, 15) is 18.0 Å². The van der Waals surface area contributed by atoms with Crippen molar-refractivity contribution >= 4 is 39.3 Å². The maximum Gasteiger partial charge on any atom is 0.281 e. The standard InChI is InChI=1S/C31H44N6O5S/c1-30(2,3)15-8-18-42-23-14-17-36(29(23)39)25-13-12-22-27(34-25)37-20-21(19-31(37,4)5)9-7-16-32-24-10-6-11-26(33-24)43(40,41)35-28(22)38/h6,10-13,21,23H,7-9,14-20H2,1-5H3,(H,32,33)(H,35,38)/t21-,23-/m0/s1. The monoisotopic (exact) mass is 612 g/mol. The number of sulfonamides is 1. The van der Waals surface area contributed by atoms with Crippen LogP contribution in [-0.4, -0.2) is 68.1 Å². The second-order valence-electron chi connectivity index (χ2n) is 13.7. The molecule has 4 bridgehead atoms. The number of hydrogen-bond donors (Lipinski definition) is 2. The summed E-state index contributed by atoms with van der Waals surface area (Å²) in [6.07, 6.45) is 4.63. The Morgan fingerprint density at radius 2 is 1.88 bits per heavy atom. The minimum atomic E-state index is -4.25. The van der Waals surface area contributed by atoms with E-state index in [2.05, 4.69) is 54.5 Å². The maximum absolute atomic E-state index is 13.6. The molecule has 0 unspecified atom stereocenters. The summed E-state index contributed by atoms with van der Waals surface area (Å²) >= 11 is 0. The van der Waals surface area contributed by atoms with E-state index in [1.54, 1.807) is 29.2 Å². The topological polar surface area (TPSA) is 134 Å². The lowest BCUT2D eigenvalue weighted by atomic mass is 9.91. The Morgan fingerprint density at radius 3 is 2.65 bits per heavy atom. The highest BCUT2D eigenvalue weighted by Gasteiger charge is 2.42. The van der Waals surface area contributed by atoms with E-state index in [4.69, 9.17) is 9.72 Å². The van der Waals surface area contributed by atoms with Crippen LogP contribution in [0, 0.1) is 11.3 Å². The zero-order valence-corrected chi connectivity index (χ0v) is 26.7. The molecule has 0 spiro atoms. The number of rotatable bonds is 5. The van der Waals surface area contributed by atoms with Crippen LogP contribution in [0.1, 0.15) is 83.5 Å². The first-order chi connectivity index (χ1) is 20.2. The quantitative estimate of drug-likeness (QED) is 0.473. The number of hydrogen-bond acceptors (Lipinski definition) is 9. The molecular weight excluding hydrogens is 568 g/mol. The maximum atomic E-state index is 13.6. The van der Waals surface area contributed by atoms with Gasteiger partial charge in [-0.05, 0) is 81.5 Å². The molecule has 2 saturated heterocycles. The highest BCUT2D eigenvalue weighted by atomic mass is 32.2. The smallest absolute Gasteiger partial charge is 0.281 e. The zero-order valence-electron chi connectivity index (χ0n) is 25.9. The second kappa shape index (κ2) is 12.0. The summed E-state index contributed by atoms with van der Waals surface area (Å²) in [6.45, 7) is 13.1. The molecular formula is C31H44N6O5S. The van der Waals surface area contributed by atoms with Gasteiger partial charge in [0.1, 0.15) is 23.6 Å². The van der Waals surface area contributed by atoms with Gasteiger partial charge in [-0.1, -0.05) is 26.8 Å². The molecule has 43 heavy (non-hydrogen) atoms. The van der Waals surface area contributed by atoms with E-state index in [0.29, 0.717) is 56.0 Å². The summed E-state index contributed by atoms with van der Waals surface area (Å²) in [5.74, 6) is 0.647. The van der Waals surface area contributed by atoms with Gasteiger partial charge in [-0.3, -0.25) is 14.5 Å².